The highest BCUT2D eigenvalue weighted by molar-refractivity contribution is 6.32. The molecule has 1 N–H and O–H groups in total. The molecule has 0 aliphatic heterocycles. The number of hydrogen-bond acceptors (Lipinski definition) is 4. The smallest absolute Gasteiger partial charge is 0.259 e. The molecule has 0 aliphatic rings. The average molecular weight is 449 g/mol. The van der Waals surface area contributed by atoms with Crippen molar-refractivity contribution in [3.05, 3.63) is 70.0 Å². The lowest BCUT2D eigenvalue weighted by atomic mass is 10.1. The normalized spacial score (nSPS) is 11.1. The molecular formula is C22H23ClF2N4O2. The molecule has 1 heterocycles. The van der Waals surface area contributed by atoms with E-state index in [1.807, 2.05) is 19.0 Å². The third kappa shape index (κ3) is 5.21. The molecule has 0 spiro atoms. The number of anilines is 1. The number of likely N-dealkylation sites (N-methyl/N-ethyl adjacent to an activating group) is 1. The number of hydrogen-bond donors (Lipinski definition) is 1. The van der Waals surface area contributed by atoms with Crippen LogP contribution in [0.5, 0.6) is 5.75 Å². The molecule has 2 aromatic carbocycles. The molecule has 3 aromatic rings. The third-order valence-corrected chi connectivity index (χ3v) is 4.94. The van der Waals surface area contributed by atoms with Crippen molar-refractivity contribution >= 4 is 23.2 Å². The number of carbonyl (C=O) groups is 1. The SMILES string of the molecule is Cc1nn(-c2ccc(F)cc2F)c(C)c1C(=O)Nc1ccc(OCCN(C)C)c(Cl)c1. The number of amides is 1. The Balaban J connectivity index is 1.79. The highest BCUT2D eigenvalue weighted by Crippen LogP contribution is 2.28. The molecular weight excluding hydrogens is 426 g/mol. The standard InChI is InChI=1S/C22H23ClF2N4O2/c1-13-21(14(2)29(27-13)19-7-5-15(24)11-18(19)25)22(30)26-16-6-8-20(17(23)12-16)31-10-9-28(3)4/h5-8,11-12H,9-10H2,1-4H3,(H,26,30). The van der Waals surface area contributed by atoms with Gasteiger partial charge in [-0.3, -0.25) is 4.79 Å². The molecule has 0 atom stereocenters. The summed E-state index contributed by atoms with van der Waals surface area (Å²) in [7, 11) is 3.89. The lowest BCUT2D eigenvalue weighted by Crippen LogP contribution is -2.19. The first-order chi connectivity index (χ1) is 14.7. The van der Waals surface area contributed by atoms with E-state index in [0.29, 0.717) is 40.0 Å². The number of carbonyl (C=O) groups excluding carboxylic acids is 1. The summed E-state index contributed by atoms with van der Waals surface area (Å²) in [5.41, 5.74) is 1.67. The van der Waals surface area contributed by atoms with E-state index in [9.17, 15) is 13.6 Å². The molecule has 0 unspecified atom stereocenters. The van der Waals surface area contributed by atoms with E-state index in [-0.39, 0.29) is 5.69 Å². The van der Waals surface area contributed by atoms with Crippen LogP contribution in [0.4, 0.5) is 14.5 Å². The van der Waals surface area contributed by atoms with Crippen molar-refractivity contribution in [1.82, 2.24) is 14.7 Å². The molecule has 0 saturated carbocycles. The molecule has 0 bridgehead atoms. The molecule has 3 rings (SSSR count). The van der Waals surface area contributed by atoms with Gasteiger partial charge in [-0.1, -0.05) is 11.6 Å². The number of nitrogens with one attached hydrogen (secondary N) is 1. The Morgan fingerprint density at radius 2 is 1.94 bits per heavy atom. The summed E-state index contributed by atoms with van der Waals surface area (Å²) in [6.07, 6.45) is 0. The average Bonchev–Trinajstić information content (AvgIpc) is 2.97. The van der Waals surface area contributed by atoms with Crippen molar-refractivity contribution in [2.24, 2.45) is 0 Å². The molecule has 0 fully saturated rings. The van der Waals surface area contributed by atoms with Gasteiger partial charge in [0, 0.05) is 18.3 Å². The van der Waals surface area contributed by atoms with Gasteiger partial charge in [0.1, 0.15) is 23.9 Å². The Hall–Kier alpha value is -2.97. The van der Waals surface area contributed by atoms with Gasteiger partial charge in [0.25, 0.3) is 5.91 Å². The quantitative estimate of drug-likeness (QED) is 0.573. The fourth-order valence-electron chi connectivity index (χ4n) is 3.09. The van der Waals surface area contributed by atoms with Crippen LogP contribution in [0.3, 0.4) is 0 Å². The van der Waals surface area contributed by atoms with Gasteiger partial charge in [-0.05, 0) is 58.3 Å². The number of aryl methyl sites for hydroxylation is 1. The van der Waals surface area contributed by atoms with Crippen LogP contribution in [-0.4, -0.2) is 47.8 Å². The predicted octanol–water partition coefficient (Wildman–Crippen LogP) is 4.61. The fourth-order valence-corrected chi connectivity index (χ4v) is 3.32. The third-order valence-electron chi connectivity index (χ3n) is 4.64. The van der Waals surface area contributed by atoms with E-state index in [1.165, 1.54) is 10.7 Å². The second-order valence-electron chi connectivity index (χ2n) is 7.30. The van der Waals surface area contributed by atoms with Crippen molar-refractivity contribution in [2.45, 2.75) is 13.8 Å². The zero-order valence-electron chi connectivity index (χ0n) is 17.7. The number of nitrogens with zero attached hydrogens (tertiary/aromatic N) is 3. The van der Waals surface area contributed by atoms with Crippen LogP contribution in [-0.2, 0) is 0 Å². The summed E-state index contributed by atoms with van der Waals surface area (Å²) >= 11 is 6.27. The Kier molecular flexibility index (Phi) is 6.92. The lowest BCUT2D eigenvalue weighted by Gasteiger charge is -2.13. The number of benzene rings is 2. The maximum Gasteiger partial charge on any atom is 0.259 e. The van der Waals surface area contributed by atoms with Gasteiger partial charge in [-0.25, -0.2) is 13.5 Å². The Bertz CT molecular complexity index is 1120. The van der Waals surface area contributed by atoms with Crippen molar-refractivity contribution in [3.63, 3.8) is 0 Å². The van der Waals surface area contributed by atoms with Crippen LogP contribution >= 0.6 is 11.6 Å². The molecule has 0 radical (unpaired) electrons. The van der Waals surface area contributed by atoms with Gasteiger partial charge in [-0.2, -0.15) is 5.10 Å². The van der Waals surface area contributed by atoms with Gasteiger partial charge < -0.3 is 15.0 Å². The first-order valence-electron chi connectivity index (χ1n) is 9.57. The number of ether oxygens (including phenoxy) is 1. The Morgan fingerprint density at radius 1 is 1.19 bits per heavy atom. The van der Waals surface area contributed by atoms with E-state index in [4.69, 9.17) is 16.3 Å². The highest BCUT2D eigenvalue weighted by Gasteiger charge is 2.21. The second-order valence-corrected chi connectivity index (χ2v) is 7.71. The Labute approximate surface area is 184 Å². The molecule has 9 heteroatoms. The van der Waals surface area contributed by atoms with Crippen LogP contribution < -0.4 is 10.1 Å². The van der Waals surface area contributed by atoms with Gasteiger partial charge >= 0.3 is 0 Å². The zero-order valence-corrected chi connectivity index (χ0v) is 18.4. The van der Waals surface area contributed by atoms with E-state index in [2.05, 4.69) is 10.4 Å². The van der Waals surface area contributed by atoms with Crippen LogP contribution in [0.1, 0.15) is 21.7 Å². The van der Waals surface area contributed by atoms with Gasteiger partial charge in [-0.15, -0.1) is 0 Å². The summed E-state index contributed by atoms with van der Waals surface area (Å²) in [6, 6.07) is 8.16. The fraction of sp³-hybridized carbons (Fsp3) is 0.273. The molecule has 0 saturated heterocycles. The Morgan fingerprint density at radius 3 is 2.58 bits per heavy atom. The molecule has 164 valence electrons. The maximum absolute atomic E-state index is 14.2. The minimum atomic E-state index is -0.769. The largest absolute Gasteiger partial charge is 0.491 e. The molecule has 1 amide bonds. The summed E-state index contributed by atoms with van der Waals surface area (Å²) in [5.74, 6) is -1.35. The van der Waals surface area contributed by atoms with Crippen molar-refractivity contribution in [1.29, 1.82) is 0 Å². The topological polar surface area (TPSA) is 59.4 Å². The molecule has 6 nitrogen and oxygen atoms in total. The van der Waals surface area contributed by atoms with Gasteiger partial charge in [0.15, 0.2) is 5.82 Å². The minimum absolute atomic E-state index is 0.0586. The minimum Gasteiger partial charge on any atom is -0.491 e. The van der Waals surface area contributed by atoms with E-state index < -0.39 is 17.5 Å². The van der Waals surface area contributed by atoms with Crippen molar-refractivity contribution < 1.29 is 18.3 Å². The van der Waals surface area contributed by atoms with Crippen molar-refractivity contribution in [2.75, 3.05) is 32.6 Å². The number of aromatic nitrogens is 2. The molecule has 1 aromatic heterocycles. The molecule has 0 aliphatic carbocycles. The van der Waals surface area contributed by atoms with E-state index >= 15 is 0 Å². The number of rotatable bonds is 7. The van der Waals surface area contributed by atoms with Crippen LogP contribution in [0.2, 0.25) is 5.02 Å². The second kappa shape index (κ2) is 9.45. The molecule has 31 heavy (non-hydrogen) atoms. The first-order valence-corrected chi connectivity index (χ1v) is 9.95. The summed E-state index contributed by atoms with van der Waals surface area (Å²) in [5, 5.41) is 7.40. The lowest BCUT2D eigenvalue weighted by molar-refractivity contribution is 0.102. The van der Waals surface area contributed by atoms with Crippen LogP contribution in [0.15, 0.2) is 36.4 Å². The zero-order chi connectivity index (χ0) is 22.7. The highest BCUT2D eigenvalue weighted by atomic mass is 35.5. The van der Waals surface area contributed by atoms with E-state index in [0.717, 1.165) is 18.7 Å². The summed E-state index contributed by atoms with van der Waals surface area (Å²) in [6.45, 7) is 4.52. The van der Waals surface area contributed by atoms with Crippen LogP contribution in [0.25, 0.3) is 5.69 Å². The van der Waals surface area contributed by atoms with Gasteiger partial charge in [0.2, 0.25) is 0 Å². The summed E-state index contributed by atoms with van der Waals surface area (Å²) < 4.78 is 34.3. The van der Waals surface area contributed by atoms with Crippen molar-refractivity contribution in [3.8, 4) is 11.4 Å². The van der Waals surface area contributed by atoms with Gasteiger partial charge in [0.05, 0.1) is 22.0 Å². The predicted molar refractivity (Wildman–Crippen MR) is 116 cm³/mol. The number of halogens is 3. The van der Waals surface area contributed by atoms with E-state index in [1.54, 1.807) is 32.0 Å². The summed E-state index contributed by atoms with van der Waals surface area (Å²) in [4.78, 5) is 14.9. The van der Waals surface area contributed by atoms with Crippen LogP contribution in [0, 0.1) is 25.5 Å². The first kappa shape index (κ1) is 22.7. The monoisotopic (exact) mass is 448 g/mol. The maximum atomic E-state index is 14.2.